The smallest absolute Gasteiger partial charge is 0.224 e. The van der Waals surface area contributed by atoms with Crippen LogP contribution in [0.4, 0.5) is 11.8 Å². The summed E-state index contributed by atoms with van der Waals surface area (Å²) in [6.07, 6.45) is 2.31. The summed E-state index contributed by atoms with van der Waals surface area (Å²) < 4.78 is 24.4. The van der Waals surface area contributed by atoms with Crippen LogP contribution in [0.3, 0.4) is 0 Å². The molecule has 2 rings (SSSR count). The molecule has 0 atom stereocenters. The molecule has 2 N–H and O–H groups in total. The minimum atomic E-state index is -3.17. The van der Waals surface area contributed by atoms with Crippen LogP contribution < -0.4 is 15.5 Å². The second-order valence-corrected chi connectivity index (χ2v) is 8.72. The van der Waals surface area contributed by atoms with Gasteiger partial charge in [-0.3, -0.25) is 4.79 Å². The van der Waals surface area contributed by atoms with Gasteiger partial charge in [0.1, 0.15) is 5.82 Å². The third-order valence-electron chi connectivity index (χ3n) is 4.30. The van der Waals surface area contributed by atoms with Gasteiger partial charge in [0.05, 0.1) is 6.26 Å². The van der Waals surface area contributed by atoms with E-state index in [1.54, 1.807) is 0 Å². The Kier molecular flexibility index (Phi) is 6.76. The molecule has 1 amide bonds. The molecule has 2 heterocycles. The number of anilines is 2. The number of nitrogens with zero attached hydrogens (tertiary/aromatic N) is 4. The number of sulfonamides is 1. The largest absolute Gasteiger partial charge is 0.363 e. The number of rotatable bonds is 7. The van der Waals surface area contributed by atoms with Gasteiger partial charge < -0.3 is 15.5 Å². The minimum Gasteiger partial charge on any atom is -0.363 e. The lowest BCUT2D eigenvalue weighted by molar-refractivity contribution is -0.126. The molecule has 1 aliphatic rings. The lowest BCUT2D eigenvalue weighted by Crippen LogP contribution is -2.43. The van der Waals surface area contributed by atoms with Crippen LogP contribution >= 0.6 is 0 Å². The molecular weight excluding hydrogens is 356 g/mol. The maximum absolute atomic E-state index is 12.2. The summed E-state index contributed by atoms with van der Waals surface area (Å²) in [6, 6.07) is 1.90. The number of piperidine rings is 1. The summed E-state index contributed by atoms with van der Waals surface area (Å²) in [5, 5.41) is 6.01. The van der Waals surface area contributed by atoms with Crippen LogP contribution in [-0.2, 0) is 14.8 Å². The predicted molar refractivity (Wildman–Crippen MR) is 102 cm³/mol. The molecule has 1 aromatic rings. The first kappa shape index (κ1) is 20.4. The van der Waals surface area contributed by atoms with Gasteiger partial charge in [-0.05, 0) is 19.8 Å². The van der Waals surface area contributed by atoms with E-state index in [9.17, 15) is 13.2 Å². The van der Waals surface area contributed by atoms with Gasteiger partial charge >= 0.3 is 0 Å². The average molecular weight is 385 g/mol. The highest BCUT2D eigenvalue weighted by Gasteiger charge is 2.28. The van der Waals surface area contributed by atoms with Gasteiger partial charge in [-0.2, -0.15) is 4.98 Å². The van der Waals surface area contributed by atoms with E-state index < -0.39 is 10.0 Å². The van der Waals surface area contributed by atoms with Crippen molar-refractivity contribution >= 4 is 27.7 Å². The van der Waals surface area contributed by atoms with Crippen LogP contribution in [0.5, 0.6) is 0 Å². The topological polar surface area (TPSA) is 108 Å². The lowest BCUT2D eigenvalue weighted by Gasteiger charge is -2.29. The van der Waals surface area contributed by atoms with E-state index in [1.165, 1.54) is 10.6 Å². The zero-order valence-electron chi connectivity index (χ0n) is 15.8. The Morgan fingerprint density at radius 1 is 1.27 bits per heavy atom. The summed E-state index contributed by atoms with van der Waals surface area (Å²) in [7, 11) is 0.669. The Hall–Kier alpha value is -1.94. The second-order valence-electron chi connectivity index (χ2n) is 6.74. The van der Waals surface area contributed by atoms with E-state index in [1.807, 2.05) is 32.0 Å². The van der Waals surface area contributed by atoms with Crippen LogP contribution in [0.2, 0.25) is 0 Å². The van der Waals surface area contributed by atoms with Gasteiger partial charge in [-0.25, -0.2) is 17.7 Å². The number of nitrogens with one attached hydrogen (secondary N) is 2. The second kappa shape index (κ2) is 8.63. The summed E-state index contributed by atoms with van der Waals surface area (Å²) in [6.45, 7) is 3.69. The average Bonchev–Trinajstić information content (AvgIpc) is 2.57. The maximum Gasteiger partial charge on any atom is 0.224 e. The molecule has 1 saturated heterocycles. The lowest BCUT2D eigenvalue weighted by atomic mass is 9.97. The molecule has 26 heavy (non-hydrogen) atoms. The zero-order valence-corrected chi connectivity index (χ0v) is 16.6. The van der Waals surface area contributed by atoms with Crippen molar-refractivity contribution in [1.29, 1.82) is 0 Å². The number of carbonyl (C=O) groups is 1. The molecule has 0 bridgehead atoms. The first-order chi connectivity index (χ1) is 12.2. The van der Waals surface area contributed by atoms with Gasteiger partial charge in [0.15, 0.2) is 0 Å². The number of aromatic nitrogens is 2. The van der Waals surface area contributed by atoms with Crippen molar-refractivity contribution in [3.8, 4) is 0 Å². The summed E-state index contributed by atoms with van der Waals surface area (Å²) in [4.78, 5) is 22.9. The molecule has 0 radical (unpaired) electrons. The molecule has 1 aromatic heterocycles. The number of hydrogen-bond donors (Lipinski definition) is 2. The third kappa shape index (κ3) is 5.80. The normalized spacial score (nSPS) is 16.3. The Morgan fingerprint density at radius 2 is 1.92 bits per heavy atom. The van der Waals surface area contributed by atoms with E-state index >= 15 is 0 Å². The highest BCUT2D eigenvalue weighted by Crippen LogP contribution is 2.19. The van der Waals surface area contributed by atoms with Crippen LogP contribution in [-0.4, -0.2) is 75.1 Å². The minimum absolute atomic E-state index is 0.0286. The quantitative estimate of drug-likeness (QED) is 0.640. The van der Waals surface area contributed by atoms with Crippen molar-refractivity contribution in [3.63, 3.8) is 0 Å². The van der Waals surface area contributed by atoms with E-state index in [-0.39, 0.29) is 11.8 Å². The maximum atomic E-state index is 12.2. The third-order valence-corrected chi connectivity index (χ3v) is 5.60. The fourth-order valence-electron chi connectivity index (χ4n) is 2.81. The standard InChI is InChI=1S/C16H28N6O3S/c1-12-11-14(21(2)3)20-16(19-12)18-8-7-17-15(23)13-5-9-22(10-6-13)26(4,24)25/h11,13H,5-10H2,1-4H3,(H,17,23)(H,18,19,20). The molecule has 1 fully saturated rings. The predicted octanol–water partition coefficient (Wildman–Crippen LogP) is 0.0507. The van der Waals surface area contributed by atoms with Crippen molar-refractivity contribution in [1.82, 2.24) is 19.6 Å². The van der Waals surface area contributed by atoms with Crippen LogP contribution in [0, 0.1) is 12.8 Å². The molecule has 146 valence electrons. The van der Waals surface area contributed by atoms with Crippen molar-refractivity contribution in [2.24, 2.45) is 5.92 Å². The molecule has 0 aliphatic carbocycles. The highest BCUT2D eigenvalue weighted by molar-refractivity contribution is 7.88. The van der Waals surface area contributed by atoms with Crippen LogP contribution in [0.1, 0.15) is 18.5 Å². The van der Waals surface area contributed by atoms with Crippen LogP contribution in [0.25, 0.3) is 0 Å². The summed E-state index contributed by atoms with van der Waals surface area (Å²) in [5.41, 5.74) is 0.868. The molecular formula is C16H28N6O3S. The Morgan fingerprint density at radius 3 is 2.50 bits per heavy atom. The van der Waals surface area contributed by atoms with Gasteiger partial charge in [0, 0.05) is 58.0 Å². The first-order valence-electron chi connectivity index (χ1n) is 8.66. The summed E-state index contributed by atoms with van der Waals surface area (Å²) in [5.74, 6) is 1.19. The van der Waals surface area contributed by atoms with E-state index in [0.29, 0.717) is 45.0 Å². The van der Waals surface area contributed by atoms with Crippen molar-refractivity contribution in [2.75, 3.05) is 56.7 Å². The van der Waals surface area contributed by atoms with E-state index in [4.69, 9.17) is 0 Å². The van der Waals surface area contributed by atoms with Gasteiger partial charge in [-0.15, -0.1) is 0 Å². The fourth-order valence-corrected chi connectivity index (χ4v) is 3.69. The highest BCUT2D eigenvalue weighted by atomic mass is 32.2. The SMILES string of the molecule is Cc1cc(N(C)C)nc(NCCNC(=O)C2CCN(S(C)(=O)=O)CC2)n1. The fraction of sp³-hybridized carbons (Fsp3) is 0.688. The Balaban J connectivity index is 1.74. The number of amides is 1. The monoisotopic (exact) mass is 384 g/mol. The van der Waals surface area contributed by atoms with E-state index in [2.05, 4.69) is 20.6 Å². The molecule has 9 nitrogen and oxygen atoms in total. The molecule has 10 heteroatoms. The Labute approximate surface area is 155 Å². The first-order valence-corrected chi connectivity index (χ1v) is 10.5. The summed E-state index contributed by atoms with van der Waals surface area (Å²) >= 11 is 0. The number of carbonyl (C=O) groups excluding carboxylic acids is 1. The number of aryl methyl sites for hydroxylation is 1. The van der Waals surface area contributed by atoms with Gasteiger partial charge in [0.25, 0.3) is 0 Å². The van der Waals surface area contributed by atoms with Crippen molar-refractivity contribution in [3.05, 3.63) is 11.8 Å². The zero-order chi connectivity index (χ0) is 19.3. The molecule has 0 aromatic carbocycles. The van der Waals surface area contributed by atoms with Crippen molar-refractivity contribution < 1.29 is 13.2 Å². The molecule has 0 saturated carbocycles. The number of hydrogen-bond acceptors (Lipinski definition) is 7. The van der Waals surface area contributed by atoms with Crippen LogP contribution in [0.15, 0.2) is 6.07 Å². The molecule has 1 aliphatic heterocycles. The Bertz CT molecular complexity index is 730. The van der Waals surface area contributed by atoms with Gasteiger partial charge in [0.2, 0.25) is 21.9 Å². The van der Waals surface area contributed by atoms with Crippen molar-refractivity contribution in [2.45, 2.75) is 19.8 Å². The molecule has 0 spiro atoms. The molecule has 0 unspecified atom stereocenters. The van der Waals surface area contributed by atoms with Gasteiger partial charge in [-0.1, -0.05) is 0 Å². The van der Waals surface area contributed by atoms with E-state index in [0.717, 1.165) is 11.5 Å².